The number of fused-ring (bicyclic) bond motifs is 2. The molecule has 5 rings (SSSR count). The lowest BCUT2D eigenvalue weighted by Crippen LogP contribution is -2.43. The van der Waals surface area contributed by atoms with Crippen LogP contribution >= 0.6 is 0 Å². The Morgan fingerprint density at radius 1 is 0.909 bits per heavy atom. The molecule has 0 N–H and O–H groups in total. The maximum absolute atomic E-state index is 13.9. The van der Waals surface area contributed by atoms with Gasteiger partial charge in [-0.1, -0.05) is 61.0 Å². The van der Waals surface area contributed by atoms with Gasteiger partial charge in [0.1, 0.15) is 5.75 Å². The fourth-order valence-electron chi connectivity index (χ4n) is 5.32. The van der Waals surface area contributed by atoms with Gasteiger partial charge in [-0.2, -0.15) is 4.31 Å². The SMILES string of the molecule is COc1ccc([C@H]2C3=C(c4ccccc4CC3)[C@@H](C)CN2S(=O)(=O)c2ccc(C)cc2)cc1. The smallest absolute Gasteiger partial charge is 0.243 e. The van der Waals surface area contributed by atoms with Crippen molar-refractivity contribution in [1.82, 2.24) is 4.31 Å². The first kappa shape index (κ1) is 21.9. The number of methoxy groups -OCH3 is 1. The van der Waals surface area contributed by atoms with E-state index in [1.807, 2.05) is 43.3 Å². The molecule has 0 bridgehead atoms. The monoisotopic (exact) mass is 459 g/mol. The van der Waals surface area contributed by atoms with Gasteiger partial charge >= 0.3 is 0 Å². The van der Waals surface area contributed by atoms with E-state index in [1.165, 1.54) is 22.3 Å². The van der Waals surface area contributed by atoms with Gasteiger partial charge < -0.3 is 4.74 Å². The molecule has 0 spiro atoms. The minimum absolute atomic E-state index is 0.108. The molecule has 1 aliphatic carbocycles. The van der Waals surface area contributed by atoms with Gasteiger partial charge in [0.05, 0.1) is 18.0 Å². The molecule has 4 nitrogen and oxygen atoms in total. The van der Waals surface area contributed by atoms with E-state index < -0.39 is 10.0 Å². The molecule has 0 aromatic heterocycles. The Balaban J connectivity index is 1.70. The zero-order chi connectivity index (χ0) is 23.2. The minimum atomic E-state index is -3.68. The first-order chi connectivity index (χ1) is 15.9. The minimum Gasteiger partial charge on any atom is -0.497 e. The van der Waals surface area contributed by atoms with E-state index in [0.717, 1.165) is 29.7 Å². The van der Waals surface area contributed by atoms with Crippen molar-refractivity contribution >= 4 is 15.6 Å². The van der Waals surface area contributed by atoms with Crippen molar-refractivity contribution in [3.63, 3.8) is 0 Å². The molecule has 0 radical (unpaired) electrons. The quantitative estimate of drug-likeness (QED) is 0.496. The first-order valence-corrected chi connectivity index (χ1v) is 12.9. The van der Waals surface area contributed by atoms with Gasteiger partial charge in [0.25, 0.3) is 0 Å². The highest BCUT2D eigenvalue weighted by atomic mass is 32.2. The second-order valence-corrected chi connectivity index (χ2v) is 11.0. The van der Waals surface area contributed by atoms with E-state index in [9.17, 15) is 8.42 Å². The lowest BCUT2D eigenvalue weighted by atomic mass is 9.74. The van der Waals surface area contributed by atoms with Gasteiger partial charge in [-0.25, -0.2) is 8.42 Å². The van der Waals surface area contributed by atoms with Crippen LogP contribution in [0.1, 0.15) is 41.6 Å². The molecule has 1 aliphatic heterocycles. The molecule has 0 unspecified atom stereocenters. The average Bonchev–Trinajstić information content (AvgIpc) is 2.84. The summed E-state index contributed by atoms with van der Waals surface area (Å²) < 4.78 is 35.0. The Hall–Kier alpha value is -2.89. The number of rotatable bonds is 4. The summed E-state index contributed by atoms with van der Waals surface area (Å²) in [7, 11) is -2.04. The molecule has 0 saturated carbocycles. The molecule has 2 atom stereocenters. The van der Waals surface area contributed by atoms with Crippen LogP contribution in [-0.4, -0.2) is 26.4 Å². The summed E-state index contributed by atoms with van der Waals surface area (Å²) in [5, 5.41) is 0. The van der Waals surface area contributed by atoms with Crippen molar-refractivity contribution in [2.45, 2.75) is 37.6 Å². The van der Waals surface area contributed by atoms with Gasteiger partial charge in [0.15, 0.2) is 0 Å². The van der Waals surface area contributed by atoms with E-state index in [-0.39, 0.29) is 12.0 Å². The van der Waals surface area contributed by atoms with Gasteiger partial charge in [0, 0.05) is 6.54 Å². The lowest BCUT2D eigenvalue weighted by Gasteiger charge is -2.43. The third-order valence-corrected chi connectivity index (χ3v) is 8.79. The van der Waals surface area contributed by atoms with Crippen LogP contribution in [-0.2, 0) is 16.4 Å². The average molecular weight is 460 g/mol. The van der Waals surface area contributed by atoms with Crippen molar-refractivity contribution in [3.8, 4) is 5.75 Å². The van der Waals surface area contributed by atoms with Gasteiger partial charge in [-0.3, -0.25) is 0 Å². The zero-order valence-electron chi connectivity index (χ0n) is 19.3. The highest BCUT2D eigenvalue weighted by molar-refractivity contribution is 7.89. The van der Waals surface area contributed by atoms with Crippen LogP contribution in [0.2, 0.25) is 0 Å². The maximum atomic E-state index is 13.9. The third kappa shape index (κ3) is 3.79. The molecule has 33 heavy (non-hydrogen) atoms. The predicted octanol–water partition coefficient (Wildman–Crippen LogP) is 5.79. The molecule has 3 aromatic carbocycles. The molecule has 3 aromatic rings. The van der Waals surface area contributed by atoms with Crippen molar-refractivity contribution in [3.05, 3.63) is 101 Å². The fraction of sp³-hybridized carbons (Fsp3) is 0.286. The van der Waals surface area contributed by atoms with Crippen LogP contribution in [0.3, 0.4) is 0 Å². The van der Waals surface area contributed by atoms with Gasteiger partial charge in [-0.15, -0.1) is 0 Å². The molecule has 170 valence electrons. The molecular formula is C28H29NO3S. The Labute approximate surface area is 196 Å². The predicted molar refractivity (Wildman–Crippen MR) is 132 cm³/mol. The Morgan fingerprint density at radius 2 is 1.61 bits per heavy atom. The lowest BCUT2D eigenvalue weighted by molar-refractivity contribution is 0.310. The summed E-state index contributed by atoms with van der Waals surface area (Å²) in [6.45, 7) is 4.56. The molecule has 5 heteroatoms. The number of benzene rings is 3. The summed E-state index contributed by atoms with van der Waals surface area (Å²) in [5.41, 5.74) is 7.18. The maximum Gasteiger partial charge on any atom is 0.243 e. The van der Waals surface area contributed by atoms with Gasteiger partial charge in [0.2, 0.25) is 10.0 Å². The summed E-state index contributed by atoms with van der Waals surface area (Å²) >= 11 is 0. The summed E-state index contributed by atoms with van der Waals surface area (Å²) in [6, 6.07) is 23.2. The number of nitrogens with zero attached hydrogens (tertiary/aromatic N) is 1. The van der Waals surface area contributed by atoms with Crippen molar-refractivity contribution in [2.24, 2.45) is 5.92 Å². The third-order valence-electron chi connectivity index (χ3n) is 6.94. The topological polar surface area (TPSA) is 46.6 Å². The van der Waals surface area contributed by atoms with E-state index >= 15 is 0 Å². The highest BCUT2D eigenvalue weighted by Crippen LogP contribution is 2.49. The van der Waals surface area contributed by atoms with Crippen LogP contribution in [0.15, 0.2) is 83.3 Å². The molecule has 0 amide bonds. The number of sulfonamides is 1. The second-order valence-electron chi connectivity index (χ2n) is 9.06. The van der Waals surface area contributed by atoms with Gasteiger partial charge in [-0.05, 0) is 77.8 Å². The van der Waals surface area contributed by atoms with E-state index in [0.29, 0.717) is 11.4 Å². The summed E-state index contributed by atoms with van der Waals surface area (Å²) in [4.78, 5) is 0.346. The Bertz CT molecular complexity index is 1310. The van der Waals surface area contributed by atoms with E-state index in [1.54, 1.807) is 23.5 Å². The number of aryl methyl sites for hydroxylation is 2. The molecular weight excluding hydrogens is 430 g/mol. The van der Waals surface area contributed by atoms with Crippen molar-refractivity contribution < 1.29 is 13.2 Å². The van der Waals surface area contributed by atoms with Crippen molar-refractivity contribution in [1.29, 1.82) is 0 Å². The van der Waals surface area contributed by atoms with Crippen LogP contribution < -0.4 is 4.74 Å². The number of ether oxygens (including phenoxy) is 1. The van der Waals surface area contributed by atoms with Crippen LogP contribution in [0.25, 0.3) is 5.57 Å². The zero-order valence-corrected chi connectivity index (χ0v) is 20.1. The second kappa shape index (κ2) is 8.47. The molecule has 0 saturated heterocycles. The van der Waals surface area contributed by atoms with E-state index in [4.69, 9.17) is 4.74 Å². The first-order valence-electron chi connectivity index (χ1n) is 11.4. The Kier molecular flexibility index (Phi) is 5.63. The number of hydrogen-bond donors (Lipinski definition) is 0. The number of hydrogen-bond acceptors (Lipinski definition) is 3. The van der Waals surface area contributed by atoms with Crippen molar-refractivity contribution in [2.75, 3.05) is 13.7 Å². The fourth-order valence-corrected chi connectivity index (χ4v) is 7.02. The Morgan fingerprint density at radius 3 is 2.30 bits per heavy atom. The molecule has 0 fully saturated rings. The van der Waals surface area contributed by atoms with Crippen LogP contribution in [0.5, 0.6) is 5.75 Å². The van der Waals surface area contributed by atoms with Crippen LogP contribution in [0.4, 0.5) is 0 Å². The molecule has 2 aliphatic rings. The summed E-state index contributed by atoms with van der Waals surface area (Å²) in [5.74, 6) is 0.871. The standard InChI is InChI=1S/C28H29NO3S/c1-19-8-15-24(16-9-19)33(30,31)29-18-20(2)27-25-7-5-4-6-21(25)12-17-26(27)28(29)22-10-13-23(32-3)14-11-22/h4-11,13-16,20,28H,12,17-18H2,1-3H3/t20-,28-/m0/s1. The normalized spacial score (nSPS) is 20.8. The highest BCUT2D eigenvalue weighted by Gasteiger charge is 2.42. The molecule has 1 heterocycles. The summed E-state index contributed by atoms with van der Waals surface area (Å²) in [6.07, 6.45) is 1.78. The van der Waals surface area contributed by atoms with E-state index in [2.05, 4.69) is 31.2 Å². The largest absolute Gasteiger partial charge is 0.497 e. The van der Waals surface area contributed by atoms with Crippen LogP contribution in [0, 0.1) is 12.8 Å².